The van der Waals surface area contributed by atoms with Crippen LogP contribution in [-0.2, 0) is 18.3 Å². The molecule has 5 heteroatoms. The van der Waals surface area contributed by atoms with Gasteiger partial charge in [-0.25, -0.2) is 0 Å². The topological polar surface area (TPSA) is 72.9 Å². The Kier molecular flexibility index (Phi) is 5.15. The van der Waals surface area contributed by atoms with Gasteiger partial charge in [-0.3, -0.25) is 9.48 Å². The normalized spacial score (nSPS) is 12.8. The molecule has 17 heavy (non-hydrogen) atoms. The van der Waals surface area contributed by atoms with E-state index in [9.17, 15) is 4.79 Å². The molecule has 0 spiro atoms. The summed E-state index contributed by atoms with van der Waals surface area (Å²) in [4.78, 5) is 11.6. The van der Waals surface area contributed by atoms with Crippen molar-refractivity contribution in [1.82, 2.24) is 15.1 Å². The fraction of sp³-hybridized carbons (Fsp3) is 0.667. The van der Waals surface area contributed by atoms with E-state index >= 15 is 0 Å². The molecule has 0 bridgehead atoms. The second-order valence-electron chi connectivity index (χ2n) is 4.76. The Balaban J connectivity index is 2.24. The fourth-order valence-corrected chi connectivity index (χ4v) is 1.66. The molecule has 1 aromatic heterocycles. The Hall–Kier alpha value is -1.36. The second kappa shape index (κ2) is 6.39. The zero-order valence-corrected chi connectivity index (χ0v) is 10.8. The first-order valence-electron chi connectivity index (χ1n) is 6.01. The summed E-state index contributed by atoms with van der Waals surface area (Å²) in [6.07, 6.45) is 3.35. The molecule has 0 saturated heterocycles. The van der Waals surface area contributed by atoms with Gasteiger partial charge in [-0.15, -0.1) is 0 Å². The van der Waals surface area contributed by atoms with Gasteiger partial charge in [0, 0.05) is 26.2 Å². The predicted octanol–water partition coefficient (Wildman–Crippen LogP) is 0.452. The lowest BCUT2D eigenvalue weighted by atomic mass is 10.0. The number of hydrogen-bond donors (Lipinski definition) is 2. The maximum absolute atomic E-state index is 11.6. The molecule has 3 N–H and O–H groups in total. The minimum Gasteiger partial charge on any atom is -0.354 e. The molecule has 1 amide bonds. The zero-order chi connectivity index (χ0) is 12.8. The molecular formula is C12H22N4O. The number of carbonyl (C=O) groups excluding carboxylic acids is 1. The summed E-state index contributed by atoms with van der Waals surface area (Å²) < 4.78 is 1.75. The van der Waals surface area contributed by atoms with E-state index in [4.69, 9.17) is 5.73 Å². The molecule has 5 nitrogen and oxygen atoms in total. The smallest absolute Gasteiger partial charge is 0.236 e. The lowest BCUT2D eigenvalue weighted by molar-refractivity contribution is -0.122. The molecule has 0 saturated carbocycles. The minimum absolute atomic E-state index is 0.0744. The van der Waals surface area contributed by atoms with Gasteiger partial charge in [0.2, 0.25) is 5.91 Å². The van der Waals surface area contributed by atoms with E-state index in [1.165, 1.54) is 0 Å². The quantitative estimate of drug-likeness (QED) is 0.756. The van der Waals surface area contributed by atoms with E-state index in [0.717, 1.165) is 18.5 Å². The Morgan fingerprint density at radius 1 is 1.59 bits per heavy atom. The van der Waals surface area contributed by atoms with Crippen LogP contribution >= 0.6 is 0 Å². The van der Waals surface area contributed by atoms with Crippen molar-refractivity contribution in [3.63, 3.8) is 0 Å². The van der Waals surface area contributed by atoms with Gasteiger partial charge in [0.1, 0.15) is 0 Å². The first-order valence-corrected chi connectivity index (χ1v) is 6.01. The number of nitrogens with zero attached hydrogens (tertiary/aromatic N) is 2. The monoisotopic (exact) mass is 238 g/mol. The van der Waals surface area contributed by atoms with Crippen LogP contribution in [0.4, 0.5) is 0 Å². The summed E-state index contributed by atoms with van der Waals surface area (Å²) >= 11 is 0. The number of aromatic nitrogens is 2. The van der Waals surface area contributed by atoms with Crippen molar-refractivity contribution in [1.29, 1.82) is 0 Å². The van der Waals surface area contributed by atoms with Gasteiger partial charge in [-0.2, -0.15) is 5.10 Å². The molecule has 0 aliphatic carbocycles. The average molecular weight is 238 g/mol. The van der Waals surface area contributed by atoms with Crippen LogP contribution in [0, 0.1) is 5.92 Å². The largest absolute Gasteiger partial charge is 0.354 e. The lowest BCUT2D eigenvalue weighted by Crippen LogP contribution is -2.42. The molecule has 0 radical (unpaired) electrons. The molecule has 0 unspecified atom stereocenters. The SMILES string of the molecule is CC(C)C[C@@H](N)C(=O)NCCc1ccn(C)n1. The molecule has 0 aromatic carbocycles. The molecule has 0 fully saturated rings. The molecule has 0 aliphatic heterocycles. The number of aryl methyl sites for hydroxylation is 1. The van der Waals surface area contributed by atoms with Crippen molar-refractivity contribution in [2.75, 3.05) is 6.54 Å². The van der Waals surface area contributed by atoms with Crippen LogP contribution in [0.5, 0.6) is 0 Å². The number of nitrogens with two attached hydrogens (primary N) is 1. The third kappa shape index (κ3) is 4.99. The number of amides is 1. The van der Waals surface area contributed by atoms with Gasteiger partial charge in [-0.05, 0) is 18.4 Å². The lowest BCUT2D eigenvalue weighted by Gasteiger charge is -2.13. The van der Waals surface area contributed by atoms with Crippen molar-refractivity contribution < 1.29 is 4.79 Å². The van der Waals surface area contributed by atoms with Crippen molar-refractivity contribution in [2.24, 2.45) is 18.7 Å². The van der Waals surface area contributed by atoms with Crippen LogP contribution in [-0.4, -0.2) is 28.3 Å². The van der Waals surface area contributed by atoms with E-state index in [1.54, 1.807) is 4.68 Å². The van der Waals surface area contributed by atoms with E-state index in [-0.39, 0.29) is 5.91 Å². The highest BCUT2D eigenvalue weighted by Crippen LogP contribution is 2.02. The van der Waals surface area contributed by atoms with Crippen LogP contribution in [0.2, 0.25) is 0 Å². The molecule has 1 aromatic rings. The minimum atomic E-state index is -0.404. The predicted molar refractivity (Wildman–Crippen MR) is 67.4 cm³/mol. The van der Waals surface area contributed by atoms with Crippen molar-refractivity contribution in [3.05, 3.63) is 18.0 Å². The number of carbonyl (C=O) groups is 1. The molecule has 1 atom stereocenters. The highest BCUT2D eigenvalue weighted by Gasteiger charge is 2.14. The number of hydrogen-bond acceptors (Lipinski definition) is 3. The summed E-state index contributed by atoms with van der Waals surface area (Å²) in [5.41, 5.74) is 6.75. The van der Waals surface area contributed by atoms with Crippen molar-refractivity contribution >= 4 is 5.91 Å². The molecule has 0 aliphatic rings. The van der Waals surface area contributed by atoms with Crippen LogP contribution in [0.25, 0.3) is 0 Å². The Bertz CT molecular complexity index is 359. The first kappa shape index (κ1) is 13.7. The van der Waals surface area contributed by atoms with Crippen LogP contribution in [0.1, 0.15) is 26.0 Å². The third-order valence-electron chi connectivity index (χ3n) is 2.51. The van der Waals surface area contributed by atoms with E-state index in [0.29, 0.717) is 12.5 Å². The average Bonchev–Trinajstić information content (AvgIpc) is 2.63. The standard InChI is InChI=1S/C12H22N4O/c1-9(2)8-11(13)12(17)14-6-4-10-5-7-16(3)15-10/h5,7,9,11H,4,6,8,13H2,1-3H3,(H,14,17)/t11-/m1/s1. The van der Waals surface area contributed by atoms with Crippen LogP contribution in [0.3, 0.4) is 0 Å². The summed E-state index contributed by atoms with van der Waals surface area (Å²) in [7, 11) is 1.88. The van der Waals surface area contributed by atoms with Crippen molar-refractivity contribution in [3.8, 4) is 0 Å². The highest BCUT2D eigenvalue weighted by molar-refractivity contribution is 5.81. The van der Waals surface area contributed by atoms with Gasteiger partial charge >= 0.3 is 0 Å². The van der Waals surface area contributed by atoms with Gasteiger partial charge < -0.3 is 11.1 Å². The highest BCUT2D eigenvalue weighted by atomic mass is 16.2. The first-order chi connectivity index (χ1) is 7.99. The van der Waals surface area contributed by atoms with Gasteiger partial charge in [-0.1, -0.05) is 13.8 Å². The van der Waals surface area contributed by atoms with Crippen LogP contribution in [0.15, 0.2) is 12.3 Å². The third-order valence-corrected chi connectivity index (χ3v) is 2.51. The Morgan fingerprint density at radius 2 is 2.29 bits per heavy atom. The summed E-state index contributed by atoms with van der Waals surface area (Å²) in [5.74, 6) is 0.362. The molecule has 1 rings (SSSR count). The van der Waals surface area contributed by atoms with Gasteiger partial charge in [0.15, 0.2) is 0 Å². The van der Waals surface area contributed by atoms with E-state index < -0.39 is 6.04 Å². The second-order valence-corrected chi connectivity index (χ2v) is 4.76. The Morgan fingerprint density at radius 3 is 2.82 bits per heavy atom. The number of rotatable bonds is 6. The summed E-state index contributed by atoms with van der Waals surface area (Å²) in [6, 6.07) is 1.54. The zero-order valence-electron chi connectivity index (χ0n) is 10.8. The maximum Gasteiger partial charge on any atom is 0.236 e. The van der Waals surface area contributed by atoms with Gasteiger partial charge in [0.05, 0.1) is 11.7 Å². The molecule has 96 valence electrons. The summed E-state index contributed by atoms with van der Waals surface area (Å²) in [6.45, 7) is 4.70. The summed E-state index contributed by atoms with van der Waals surface area (Å²) in [5, 5.41) is 7.07. The fourth-order valence-electron chi connectivity index (χ4n) is 1.66. The van der Waals surface area contributed by atoms with Crippen LogP contribution < -0.4 is 11.1 Å². The van der Waals surface area contributed by atoms with E-state index in [2.05, 4.69) is 24.3 Å². The molecule has 1 heterocycles. The number of nitrogens with one attached hydrogen (secondary N) is 1. The Labute approximate surface area is 102 Å². The molecular weight excluding hydrogens is 216 g/mol. The van der Waals surface area contributed by atoms with Crippen molar-refractivity contribution in [2.45, 2.75) is 32.7 Å². The maximum atomic E-state index is 11.6. The van der Waals surface area contributed by atoms with E-state index in [1.807, 2.05) is 19.3 Å². The van der Waals surface area contributed by atoms with Gasteiger partial charge in [0.25, 0.3) is 0 Å².